The van der Waals surface area contributed by atoms with Crippen molar-refractivity contribution in [2.75, 3.05) is 0 Å². The average molecular weight is 234 g/mol. The standard InChI is InChI=1S/C5H3IN2O/c6-4-1-7-5(3-9)8-2-4/h1-3H. The predicted molar refractivity (Wildman–Crippen MR) is 40.1 cm³/mol. The van der Waals surface area contributed by atoms with Gasteiger partial charge in [-0.3, -0.25) is 4.79 Å². The van der Waals surface area contributed by atoms with Crippen LogP contribution in [0, 0.1) is 3.57 Å². The summed E-state index contributed by atoms with van der Waals surface area (Å²) in [4.78, 5) is 17.4. The molecule has 0 saturated heterocycles. The van der Waals surface area contributed by atoms with Gasteiger partial charge in [-0.25, -0.2) is 9.97 Å². The Morgan fingerprint density at radius 2 is 2.00 bits per heavy atom. The molecule has 0 aliphatic carbocycles. The van der Waals surface area contributed by atoms with Crippen molar-refractivity contribution in [1.29, 1.82) is 0 Å². The molecule has 0 amide bonds. The zero-order valence-corrected chi connectivity index (χ0v) is 6.57. The summed E-state index contributed by atoms with van der Waals surface area (Å²) in [7, 11) is 0. The van der Waals surface area contributed by atoms with E-state index in [-0.39, 0.29) is 5.82 Å². The number of halogens is 1. The van der Waals surface area contributed by atoms with Crippen LogP contribution in [0.15, 0.2) is 12.4 Å². The van der Waals surface area contributed by atoms with Crippen molar-refractivity contribution in [1.82, 2.24) is 9.97 Å². The van der Waals surface area contributed by atoms with E-state index in [2.05, 4.69) is 32.6 Å². The summed E-state index contributed by atoms with van der Waals surface area (Å²) in [6.07, 6.45) is 3.81. The molecule has 0 aromatic carbocycles. The Morgan fingerprint density at radius 1 is 1.44 bits per heavy atom. The van der Waals surface area contributed by atoms with Crippen LogP contribution in [0.4, 0.5) is 0 Å². The fourth-order valence-corrected chi connectivity index (χ4v) is 0.662. The summed E-state index contributed by atoms with van der Waals surface area (Å²) in [6, 6.07) is 0. The maximum Gasteiger partial charge on any atom is 0.192 e. The molecule has 0 N–H and O–H groups in total. The molecule has 0 unspecified atom stereocenters. The Morgan fingerprint density at radius 3 is 2.44 bits per heavy atom. The summed E-state index contributed by atoms with van der Waals surface area (Å²) in [5.74, 6) is 0.232. The van der Waals surface area contributed by atoms with E-state index in [0.29, 0.717) is 6.29 Å². The average Bonchev–Trinajstić information content (AvgIpc) is 1.90. The summed E-state index contributed by atoms with van der Waals surface area (Å²) in [5.41, 5.74) is 0. The second-order valence-electron chi connectivity index (χ2n) is 1.38. The van der Waals surface area contributed by atoms with Gasteiger partial charge in [0.15, 0.2) is 12.1 Å². The van der Waals surface area contributed by atoms with Crippen LogP contribution in [0.3, 0.4) is 0 Å². The van der Waals surface area contributed by atoms with Gasteiger partial charge in [0.2, 0.25) is 0 Å². The van der Waals surface area contributed by atoms with E-state index in [4.69, 9.17) is 0 Å². The van der Waals surface area contributed by atoms with E-state index in [1.807, 2.05) is 0 Å². The minimum Gasteiger partial charge on any atom is -0.294 e. The normalized spacial score (nSPS) is 9.00. The van der Waals surface area contributed by atoms with Gasteiger partial charge < -0.3 is 0 Å². The highest BCUT2D eigenvalue weighted by molar-refractivity contribution is 14.1. The third-order valence-electron chi connectivity index (χ3n) is 0.746. The van der Waals surface area contributed by atoms with E-state index < -0.39 is 0 Å². The molecule has 3 nitrogen and oxygen atoms in total. The Bertz CT molecular complexity index is 209. The van der Waals surface area contributed by atoms with E-state index in [1.54, 1.807) is 12.4 Å². The molecule has 0 fully saturated rings. The molecule has 0 bridgehead atoms. The van der Waals surface area contributed by atoms with Crippen molar-refractivity contribution in [2.45, 2.75) is 0 Å². The molecular weight excluding hydrogens is 231 g/mol. The smallest absolute Gasteiger partial charge is 0.192 e. The monoisotopic (exact) mass is 234 g/mol. The quantitative estimate of drug-likeness (QED) is 0.535. The summed E-state index contributed by atoms with van der Waals surface area (Å²) >= 11 is 2.07. The number of aldehydes is 1. The molecule has 4 heteroatoms. The highest BCUT2D eigenvalue weighted by atomic mass is 127. The number of nitrogens with zero attached hydrogens (tertiary/aromatic N) is 2. The zero-order chi connectivity index (χ0) is 6.69. The first-order chi connectivity index (χ1) is 4.33. The molecule has 46 valence electrons. The van der Waals surface area contributed by atoms with E-state index >= 15 is 0 Å². The second kappa shape index (κ2) is 2.86. The van der Waals surface area contributed by atoms with E-state index in [9.17, 15) is 4.79 Å². The third kappa shape index (κ3) is 1.70. The first-order valence-electron chi connectivity index (χ1n) is 2.25. The second-order valence-corrected chi connectivity index (χ2v) is 2.62. The van der Waals surface area contributed by atoms with Gasteiger partial charge in [0, 0.05) is 16.0 Å². The molecule has 0 saturated carbocycles. The lowest BCUT2D eigenvalue weighted by molar-refractivity contribution is 0.111. The van der Waals surface area contributed by atoms with E-state index in [1.165, 1.54) is 0 Å². The van der Waals surface area contributed by atoms with Gasteiger partial charge in [-0.05, 0) is 22.6 Å². The molecule has 1 rings (SSSR count). The molecule has 0 spiro atoms. The molecule has 1 aromatic heterocycles. The zero-order valence-electron chi connectivity index (χ0n) is 4.41. The molecule has 0 radical (unpaired) electrons. The Kier molecular flexibility index (Phi) is 2.10. The lowest BCUT2D eigenvalue weighted by atomic mass is 10.6. The van der Waals surface area contributed by atoms with Gasteiger partial charge in [-0.1, -0.05) is 0 Å². The minimum atomic E-state index is 0.232. The lowest BCUT2D eigenvalue weighted by Crippen LogP contribution is -1.90. The Hall–Kier alpha value is -0.520. The van der Waals surface area contributed by atoms with Crippen molar-refractivity contribution >= 4 is 28.9 Å². The highest BCUT2D eigenvalue weighted by Crippen LogP contribution is 1.97. The van der Waals surface area contributed by atoms with Gasteiger partial charge in [0.05, 0.1) is 0 Å². The molecular formula is C5H3IN2O. The minimum absolute atomic E-state index is 0.232. The fourth-order valence-electron chi connectivity index (χ4n) is 0.383. The number of carbonyl (C=O) groups is 1. The summed E-state index contributed by atoms with van der Waals surface area (Å²) < 4.78 is 0.929. The van der Waals surface area contributed by atoms with Crippen LogP contribution in [0.25, 0.3) is 0 Å². The Balaban J connectivity index is 3.01. The maximum absolute atomic E-state index is 9.99. The maximum atomic E-state index is 9.99. The van der Waals surface area contributed by atoms with Crippen molar-refractivity contribution in [3.8, 4) is 0 Å². The van der Waals surface area contributed by atoms with Crippen LogP contribution in [-0.2, 0) is 0 Å². The highest BCUT2D eigenvalue weighted by Gasteiger charge is 1.89. The number of hydrogen-bond donors (Lipinski definition) is 0. The van der Waals surface area contributed by atoms with Crippen molar-refractivity contribution in [3.63, 3.8) is 0 Å². The van der Waals surface area contributed by atoms with Gasteiger partial charge in [-0.15, -0.1) is 0 Å². The molecule has 0 aliphatic rings. The first kappa shape index (κ1) is 6.60. The van der Waals surface area contributed by atoms with Gasteiger partial charge >= 0.3 is 0 Å². The lowest BCUT2D eigenvalue weighted by Gasteiger charge is -1.86. The number of aromatic nitrogens is 2. The van der Waals surface area contributed by atoms with Gasteiger partial charge in [0.1, 0.15) is 0 Å². The van der Waals surface area contributed by atoms with Crippen molar-refractivity contribution in [2.24, 2.45) is 0 Å². The van der Waals surface area contributed by atoms with Crippen LogP contribution < -0.4 is 0 Å². The third-order valence-corrected chi connectivity index (χ3v) is 1.30. The SMILES string of the molecule is O=Cc1ncc(I)cn1. The summed E-state index contributed by atoms with van der Waals surface area (Å²) in [5, 5.41) is 0. The number of carbonyl (C=O) groups excluding carboxylic acids is 1. The van der Waals surface area contributed by atoms with Crippen LogP contribution in [0.1, 0.15) is 10.6 Å². The fraction of sp³-hybridized carbons (Fsp3) is 0. The summed E-state index contributed by atoms with van der Waals surface area (Å²) in [6.45, 7) is 0. The van der Waals surface area contributed by atoms with Crippen molar-refractivity contribution < 1.29 is 4.79 Å². The molecule has 0 atom stereocenters. The van der Waals surface area contributed by atoms with Crippen LogP contribution in [0.2, 0.25) is 0 Å². The van der Waals surface area contributed by atoms with E-state index in [0.717, 1.165) is 3.57 Å². The largest absolute Gasteiger partial charge is 0.294 e. The Labute approximate surface area is 65.7 Å². The first-order valence-corrected chi connectivity index (χ1v) is 3.33. The van der Waals surface area contributed by atoms with Crippen LogP contribution >= 0.6 is 22.6 Å². The molecule has 1 aromatic rings. The molecule has 1 heterocycles. The molecule has 9 heavy (non-hydrogen) atoms. The molecule has 0 aliphatic heterocycles. The van der Waals surface area contributed by atoms with Crippen molar-refractivity contribution in [3.05, 3.63) is 21.8 Å². The van der Waals surface area contributed by atoms with Crippen LogP contribution in [0.5, 0.6) is 0 Å². The van der Waals surface area contributed by atoms with Gasteiger partial charge in [-0.2, -0.15) is 0 Å². The van der Waals surface area contributed by atoms with Gasteiger partial charge in [0.25, 0.3) is 0 Å². The predicted octanol–water partition coefficient (Wildman–Crippen LogP) is 0.894. The van der Waals surface area contributed by atoms with Crippen LogP contribution in [-0.4, -0.2) is 16.3 Å². The topological polar surface area (TPSA) is 42.9 Å². The number of hydrogen-bond acceptors (Lipinski definition) is 3. The number of rotatable bonds is 1.